The maximum atomic E-state index is 9.26. The molecule has 0 aliphatic carbocycles. The van der Waals surface area contributed by atoms with E-state index < -0.39 is 12.2 Å². The van der Waals surface area contributed by atoms with Crippen LogP contribution in [0.1, 0.15) is 12.6 Å². The summed E-state index contributed by atoms with van der Waals surface area (Å²) in [5.41, 5.74) is 0.686. The molecule has 0 aliphatic rings. The Kier molecular flexibility index (Phi) is 2.78. The average molecular weight is 171 g/mol. The number of hydrogen-bond donors (Lipinski definition) is 2. The van der Waals surface area contributed by atoms with Crippen molar-refractivity contribution in [2.45, 2.75) is 25.6 Å². The van der Waals surface area contributed by atoms with Crippen LogP contribution in [0.5, 0.6) is 0 Å². The minimum absolute atomic E-state index is 0.339. The zero-order valence-corrected chi connectivity index (χ0v) is 7.18. The fraction of sp³-hybridized carbons (Fsp3) is 0.714. The van der Waals surface area contributed by atoms with E-state index in [0.29, 0.717) is 12.1 Å². The van der Waals surface area contributed by atoms with Gasteiger partial charge in [-0.15, -0.1) is 5.10 Å². The van der Waals surface area contributed by atoms with Crippen molar-refractivity contribution in [2.24, 2.45) is 7.05 Å². The molecule has 68 valence electrons. The molecule has 0 aliphatic heterocycles. The second-order valence-electron chi connectivity index (χ2n) is 2.90. The van der Waals surface area contributed by atoms with Crippen LogP contribution < -0.4 is 0 Å². The van der Waals surface area contributed by atoms with Gasteiger partial charge in [0.15, 0.2) is 0 Å². The lowest BCUT2D eigenvalue weighted by Gasteiger charge is -2.10. The number of nitrogens with zero attached hydrogens (tertiary/aromatic N) is 3. The summed E-state index contributed by atoms with van der Waals surface area (Å²) in [7, 11) is 1.76. The lowest BCUT2D eigenvalue weighted by atomic mass is 10.1. The molecule has 0 bridgehead atoms. The number of aryl methyl sites for hydroxylation is 1. The Morgan fingerprint density at radius 3 is 2.67 bits per heavy atom. The molecule has 1 rings (SSSR count). The molecule has 2 unspecified atom stereocenters. The van der Waals surface area contributed by atoms with E-state index in [0.717, 1.165) is 0 Å². The number of aliphatic hydroxyl groups is 2. The molecule has 1 aromatic heterocycles. The fourth-order valence-electron chi connectivity index (χ4n) is 0.874. The molecule has 5 nitrogen and oxygen atoms in total. The first-order chi connectivity index (χ1) is 5.59. The Morgan fingerprint density at radius 2 is 2.25 bits per heavy atom. The zero-order chi connectivity index (χ0) is 9.14. The Hall–Kier alpha value is -0.940. The lowest BCUT2D eigenvalue weighted by molar-refractivity contribution is 0.0313. The Labute approximate surface area is 70.6 Å². The van der Waals surface area contributed by atoms with Crippen molar-refractivity contribution in [3.8, 4) is 0 Å². The average Bonchev–Trinajstić information content (AvgIpc) is 2.35. The van der Waals surface area contributed by atoms with Crippen LogP contribution in [0.4, 0.5) is 0 Å². The molecular formula is C7H13N3O2. The van der Waals surface area contributed by atoms with Crippen molar-refractivity contribution in [1.82, 2.24) is 15.0 Å². The molecule has 1 heterocycles. The van der Waals surface area contributed by atoms with E-state index >= 15 is 0 Å². The first kappa shape index (κ1) is 9.15. The van der Waals surface area contributed by atoms with Gasteiger partial charge in [0.1, 0.15) is 0 Å². The lowest BCUT2D eigenvalue weighted by Crippen LogP contribution is -2.24. The van der Waals surface area contributed by atoms with Crippen LogP contribution >= 0.6 is 0 Å². The molecule has 0 spiro atoms. The smallest absolute Gasteiger partial charge is 0.0853 e. The summed E-state index contributed by atoms with van der Waals surface area (Å²) in [5, 5.41) is 25.7. The van der Waals surface area contributed by atoms with Gasteiger partial charge >= 0.3 is 0 Å². The highest BCUT2D eigenvalue weighted by Gasteiger charge is 2.13. The predicted molar refractivity (Wildman–Crippen MR) is 42.4 cm³/mol. The first-order valence-electron chi connectivity index (χ1n) is 3.81. The van der Waals surface area contributed by atoms with Crippen molar-refractivity contribution in [3.63, 3.8) is 0 Å². The van der Waals surface area contributed by atoms with Crippen molar-refractivity contribution in [3.05, 3.63) is 11.9 Å². The highest BCUT2D eigenvalue weighted by atomic mass is 16.3. The van der Waals surface area contributed by atoms with Crippen molar-refractivity contribution in [2.75, 3.05) is 0 Å². The molecule has 0 amide bonds. The minimum Gasteiger partial charge on any atom is -0.391 e. The van der Waals surface area contributed by atoms with Crippen LogP contribution in [0.25, 0.3) is 0 Å². The molecule has 2 N–H and O–H groups in total. The van der Waals surface area contributed by atoms with Gasteiger partial charge in [0, 0.05) is 19.7 Å². The van der Waals surface area contributed by atoms with Gasteiger partial charge in [-0.05, 0) is 6.92 Å². The van der Waals surface area contributed by atoms with Crippen molar-refractivity contribution in [1.29, 1.82) is 0 Å². The number of aromatic nitrogens is 3. The maximum Gasteiger partial charge on any atom is 0.0853 e. The predicted octanol–water partition coefficient (Wildman–Crippen LogP) is -0.901. The second kappa shape index (κ2) is 3.64. The van der Waals surface area contributed by atoms with Gasteiger partial charge in [-0.2, -0.15) is 0 Å². The normalized spacial score (nSPS) is 16.0. The number of hydrogen-bond acceptors (Lipinski definition) is 4. The maximum absolute atomic E-state index is 9.26. The van der Waals surface area contributed by atoms with Gasteiger partial charge in [0.05, 0.1) is 17.9 Å². The van der Waals surface area contributed by atoms with E-state index in [9.17, 15) is 5.11 Å². The third-order valence-electron chi connectivity index (χ3n) is 1.63. The van der Waals surface area contributed by atoms with E-state index in [4.69, 9.17) is 5.11 Å². The van der Waals surface area contributed by atoms with E-state index in [2.05, 4.69) is 10.3 Å². The Balaban J connectivity index is 2.52. The molecule has 0 saturated heterocycles. The van der Waals surface area contributed by atoms with Crippen molar-refractivity contribution >= 4 is 0 Å². The summed E-state index contributed by atoms with van der Waals surface area (Å²) in [6.45, 7) is 1.54. The third kappa shape index (κ3) is 2.28. The van der Waals surface area contributed by atoms with E-state index in [-0.39, 0.29) is 0 Å². The van der Waals surface area contributed by atoms with Crippen LogP contribution in [-0.4, -0.2) is 37.4 Å². The summed E-state index contributed by atoms with van der Waals surface area (Å²) in [6.07, 6.45) is 0.561. The quantitative estimate of drug-likeness (QED) is 0.618. The third-order valence-corrected chi connectivity index (χ3v) is 1.63. The number of aliphatic hydroxyl groups excluding tert-OH is 2. The second-order valence-corrected chi connectivity index (χ2v) is 2.90. The molecule has 0 radical (unpaired) electrons. The molecule has 2 atom stereocenters. The van der Waals surface area contributed by atoms with Crippen LogP contribution in [-0.2, 0) is 13.5 Å². The molecule has 1 aromatic rings. The molecule has 12 heavy (non-hydrogen) atoms. The van der Waals surface area contributed by atoms with Crippen LogP contribution in [0.15, 0.2) is 6.20 Å². The van der Waals surface area contributed by atoms with Gasteiger partial charge in [0.25, 0.3) is 0 Å². The van der Waals surface area contributed by atoms with Gasteiger partial charge in [-0.25, -0.2) is 0 Å². The topological polar surface area (TPSA) is 71.2 Å². The monoisotopic (exact) mass is 171 g/mol. The fourth-order valence-corrected chi connectivity index (χ4v) is 0.874. The molecule has 0 fully saturated rings. The van der Waals surface area contributed by atoms with Crippen LogP contribution in [0, 0.1) is 0 Å². The van der Waals surface area contributed by atoms with E-state index in [1.165, 1.54) is 0 Å². The highest BCUT2D eigenvalue weighted by Crippen LogP contribution is 2.01. The largest absolute Gasteiger partial charge is 0.391 e. The Morgan fingerprint density at radius 1 is 1.58 bits per heavy atom. The summed E-state index contributed by atoms with van der Waals surface area (Å²) in [5.74, 6) is 0. The van der Waals surface area contributed by atoms with Crippen LogP contribution in [0.3, 0.4) is 0 Å². The minimum atomic E-state index is -0.762. The summed E-state index contributed by atoms with van der Waals surface area (Å²) < 4.78 is 1.56. The molecular weight excluding hydrogens is 158 g/mol. The summed E-state index contributed by atoms with van der Waals surface area (Å²) in [6, 6.07) is 0. The van der Waals surface area contributed by atoms with Gasteiger partial charge in [-0.3, -0.25) is 4.68 Å². The van der Waals surface area contributed by atoms with E-state index in [1.54, 1.807) is 24.9 Å². The van der Waals surface area contributed by atoms with E-state index in [1.807, 2.05) is 0 Å². The zero-order valence-electron chi connectivity index (χ0n) is 7.18. The first-order valence-corrected chi connectivity index (χ1v) is 3.81. The van der Waals surface area contributed by atoms with Gasteiger partial charge < -0.3 is 10.2 Å². The molecule has 0 saturated carbocycles. The SMILES string of the molecule is CC(O)C(O)Cc1cn(C)nn1. The van der Waals surface area contributed by atoms with Crippen molar-refractivity contribution < 1.29 is 10.2 Å². The standard InChI is InChI=1S/C7H13N3O2/c1-5(11)7(12)3-6-4-10(2)9-8-6/h4-5,7,11-12H,3H2,1-2H3. The van der Waals surface area contributed by atoms with Crippen LogP contribution in [0.2, 0.25) is 0 Å². The molecule has 0 aromatic carbocycles. The Bertz CT molecular complexity index is 247. The highest BCUT2D eigenvalue weighted by molar-refractivity contribution is 4.94. The number of rotatable bonds is 3. The van der Waals surface area contributed by atoms with Gasteiger partial charge in [-0.1, -0.05) is 5.21 Å². The molecule has 5 heteroatoms. The van der Waals surface area contributed by atoms with Gasteiger partial charge in [0.2, 0.25) is 0 Å². The summed E-state index contributed by atoms with van der Waals surface area (Å²) >= 11 is 0. The summed E-state index contributed by atoms with van der Waals surface area (Å²) in [4.78, 5) is 0.